The molecule has 218 valence electrons. The number of hydrogen-bond donors (Lipinski definition) is 0. The second kappa shape index (κ2) is 11.5. The maximum atomic E-state index is 12.7. The predicted molar refractivity (Wildman–Crippen MR) is 160 cm³/mol. The summed E-state index contributed by atoms with van der Waals surface area (Å²) >= 11 is 0. The lowest BCUT2D eigenvalue weighted by atomic mass is 9.47. The van der Waals surface area contributed by atoms with Gasteiger partial charge in [0.25, 0.3) is 0 Å². The summed E-state index contributed by atoms with van der Waals surface area (Å²) in [7, 11) is 0. The fourth-order valence-electron chi connectivity index (χ4n) is 9.73. The summed E-state index contributed by atoms with van der Waals surface area (Å²) in [5, 5.41) is 0. The highest BCUT2D eigenvalue weighted by Gasteiger charge is 2.59. The molecule has 0 bridgehead atoms. The Morgan fingerprint density at radius 2 is 1.75 bits per heavy atom. The first kappa shape index (κ1) is 29.1. The molecule has 4 aliphatic rings. The van der Waals surface area contributed by atoms with E-state index >= 15 is 0 Å². The van der Waals surface area contributed by atoms with Crippen LogP contribution >= 0.6 is 0 Å². The molecule has 5 rings (SSSR count). The Kier molecular flexibility index (Phi) is 8.37. The van der Waals surface area contributed by atoms with Crippen LogP contribution in [0.25, 0.3) is 0 Å². The van der Waals surface area contributed by atoms with Gasteiger partial charge in [0.2, 0.25) is 0 Å². The molecule has 3 saturated carbocycles. The number of carbonyl (C=O) groups excluding carboxylic acids is 2. The van der Waals surface area contributed by atoms with E-state index < -0.39 is 0 Å². The molecular weight excluding hydrogens is 496 g/mol. The topological polar surface area (TPSA) is 52.6 Å². The second-order valence-electron chi connectivity index (χ2n) is 14.1. The zero-order valence-electron chi connectivity index (χ0n) is 25.4. The van der Waals surface area contributed by atoms with Gasteiger partial charge in [-0.2, -0.15) is 0 Å². The molecule has 0 heterocycles. The first-order chi connectivity index (χ1) is 19.0. The van der Waals surface area contributed by atoms with E-state index in [1.54, 1.807) is 5.57 Å². The van der Waals surface area contributed by atoms with Crippen molar-refractivity contribution < 1.29 is 19.1 Å². The molecule has 40 heavy (non-hydrogen) atoms. The number of hydrogen-bond acceptors (Lipinski definition) is 4. The van der Waals surface area contributed by atoms with E-state index in [0.29, 0.717) is 22.8 Å². The van der Waals surface area contributed by atoms with Crippen LogP contribution in [0.3, 0.4) is 0 Å². The monoisotopic (exact) mass is 546 g/mol. The number of benzene rings is 1. The van der Waals surface area contributed by atoms with Gasteiger partial charge in [0.1, 0.15) is 12.2 Å². The molecular formula is C36H50O4. The lowest BCUT2D eigenvalue weighted by Gasteiger charge is -2.58. The predicted octanol–water partition coefficient (Wildman–Crippen LogP) is 8.72. The molecule has 4 nitrogen and oxygen atoms in total. The SMILES string of the molecule is C=C(C)C(CC[C@@H](C)[C@H]1CCC2C3CC=C4C[C@@H](OC(C)=O)CCC4(C)C3CC[C@@]21C)OC(=O)c1ccccc1. The van der Waals surface area contributed by atoms with E-state index in [4.69, 9.17) is 9.47 Å². The van der Waals surface area contributed by atoms with Gasteiger partial charge >= 0.3 is 11.9 Å². The van der Waals surface area contributed by atoms with E-state index in [2.05, 4.69) is 33.4 Å². The normalized spacial score (nSPS) is 36.2. The van der Waals surface area contributed by atoms with Gasteiger partial charge < -0.3 is 9.47 Å². The Morgan fingerprint density at radius 3 is 2.45 bits per heavy atom. The number of allylic oxidation sites excluding steroid dienone is 1. The summed E-state index contributed by atoms with van der Waals surface area (Å²) in [6.07, 6.45) is 13.8. The molecule has 0 radical (unpaired) electrons. The van der Waals surface area contributed by atoms with Crippen molar-refractivity contribution in [1.82, 2.24) is 0 Å². The third-order valence-electron chi connectivity index (χ3n) is 11.8. The number of fused-ring (bicyclic) bond motifs is 5. The van der Waals surface area contributed by atoms with Gasteiger partial charge in [0.15, 0.2) is 0 Å². The maximum absolute atomic E-state index is 12.7. The number of carbonyl (C=O) groups is 2. The first-order valence-corrected chi connectivity index (χ1v) is 15.8. The highest BCUT2D eigenvalue weighted by atomic mass is 16.5. The van der Waals surface area contributed by atoms with Crippen molar-refractivity contribution >= 4 is 11.9 Å². The summed E-state index contributed by atoms with van der Waals surface area (Å²) < 4.78 is 11.6. The van der Waals surface area contributed by atoms with Crippen molar-refractivity contribution in [1.29, 1.82) is 0 Å². The molecule has 0 spiro atoms. The van der Waals surface area contributed by atoms with Crippen molar-refractivity contribution in [2.75, 3.05) is 0 Å². The average molecular weight is 547 g/mol. The van der Waals surface area contributed by atoms with Gasteiger partial charge in [-0.15, -0.1) is 0 Å². The molecule has 1 aromatic rings. The van der Waals surface area contributed by atoms with Crippen LogP contribution in [-0.4, -0.2) is 24.1 Å². The summed E-state index contributed by atoms with van der Waals surface area (Å²) in [6.45, 7) is 15.2. The van der Waals surface area contributed by atoms with Crippen molar-refractivity contribution in [3.8, 4) is 0 Å². The van der Waals surface area contributed by atoms with Gasteiger partial charge in [-0.25, -0.2) is 4.79 Å². The molecule has 9 atom stereocenters. The third-order valence-corrected chi connectivity index (χ3v) is 11.8. The van der Waals surface area contributed by atoms with Crippen LogP contribution in [0.2, 0.25) is 0 Å². The molecule has 0 amide bonds. The minimum absolute atomic E-state index is 0.0638. The first-order valence-electron chi connectivity index (χ1n) is 15.8. The van der Waals surface area contributed by atoms with Crippen LogP contribution in [0.5, 0.6) is 0 Å². The van der Waals surface area contributed by atoms with E-state index in [1.807, 2.05) is 37.3 Å². The van der Waals surface area contributed by atoms with Crippen LogP contribution in [-0.2, 0) is 14.3 Å². The Labute approximate surface area is 242 Å². The summed E-state index contributed by atoms with van der Waals surface area (Å²) in [5.41, 5.74) is 3.74. The number of rotatable bonds is 8. The Balaban J connectivity index is 1.23. The molecule has 0 aliphatic heterocycles. The summed E-state index contributed by atoms with van der Waals surface area (Å²) in [4.78, 5) is 24.3. The van der Waals surface area contributed by atoms with E-state index in [0.717, 1.165) is 55.4 Å². The second-order valence-corrected chi connectivity index (χ2v) is 14.1. The van der Waals surface area contributed by atoms with Gasteiger partial charge in [-0.05, 0) is 123 Å². The minimum Gasteiger partial charge on any atom is -0.462 e. The Morgan fingerprint density at radius 1 is 1.00 bits per heavy atom. The lowest BCUT2D eigenvalue weighted by Crippen LogP contribution is -2.51. The molecule has 5 unspecified atom stereocenters. The molecule has 3 fully saturated rings. The van der Waals surface area contributed by atoms with Crippen LogP contribution in [0.1, 0.15) is 109 Å². The maximum Gasteiger partial charge on any atom is 0.338 e. The van der Waals surface area contributed by atoms with Gasteiger partial charge in [0.05, 0.1) is 5.56 Å². The van der Waals surface area contributed by atoms with Gasteiger partial charge in [-0.3, -0.25) is 4.79 Å². The fourth-order valence-corrected chi connectivity index (χ4v) is 9.73. The summed E-state index contributed by atoms with van der Waals surface area (Å²) in [5.74, 6) is 3.21. The zero-order valence-corrected chi connectivity index (χ0v) is 25.4. The van der Waals surface area contributed by atoms with Crippen LogP contribution in [0.4, 0.5) is 0 Å². The number of esters is 2. The van der Waals surface area contributed by atoms with E-state index in [9.17, 15) is 9.59 Å². The highest BCUT2D eigenvalue weighted by molar-refractivity contribution is 5.89. The van der Waals surface area contributed by atoms with Crippen LogP contribution < -0.4 is 0 Å². The highest BCUT2D eigenvalue weighted by Crippen LogP contribution is 2.67. The molecule has 4 aliphatic carbocycles. The molecule has 0 aromatic heterocycles. The molecule has 1 aromatic carbocycles. The van der Waals surface area contributed by atoms with Crippen LogP contribution in [0.15, 0.2) is 54.1 Å². The smallest absolute Gasteiger partial charge is 0.338 e. The van der Waals surface area contributed by atoms with E-state index in [-0.39, 0.29) is 29.6 Å². The van der Waals surface area contributed by atoms with Gasteiger partial charge in [0, 0.05) is 13.3 Å². The quantitative estimate of drug-likeness (QED) is 0.242. The van der Waals surface area contributed by atoms with Crippen molar-refractivity contribution in [2.45, 2.75) is 111 Å². The van der Waals surface area contributed by atoms with Crippen molar-refractivity contribution in [2.24, 2.45) is 40.4 Å². The lowest BCUT2D eigenvalue weighted by molar-refractivity contribution is -0.148. The molecule has 4 heteroatoms. The van der Waals surface area contributed by atoms with Gasteiger partial charge in [-0.1, -0.05) is 57.2 Å². The standard InChI is InChI=1S/C36H50O4/c1-23(2)33(40-34(38)26-10-8-7-9-11-26)17-12-24(3)30-15-16-31-29-14-13-27-22-28(39-25(4)37)18-20-35(27,5)32(29)19-21-36(30,31)6/h7-11,13,24,28-33H,1,12,14-22H2,2-6H3/t24-,28+,29?,30-,31?,32?,33?,35?,36-/m1/s1. The zero-order chi connectivity index (χ0) is 28.7. The third kappa shape index (κ3) is 5.44. The van der Waals surface area contributed by atoms with Crippen molar-refractivity contribution in [3.05, 3.63) is 59.7 Å². The largest absolute Gasteiger partial charge is 0.462 e. The van der Waals surface area contributed by atoms with Crippen molar-refractivity contribution in [3.63, 3.8) is 0 Å². The molecule has 0 saturated heterocycles. The van der Waals surface area contributed by atoms with E-state index in [1.165, 1.54) is 39.0 Å². The summed E-state index contributed by atoms with van der Waals surface area (Å²) in [6, 6.07) is 9.28. The van der Waals surface area contributed by atoms with Crippen LogP contribution in [0, 0.1) is 40.4 Å². The number of ether oxygens (including phenoxy) is 2. The molecule has 0 N–H and O–H groups in total. The Hall–Kier alpha value is -2.36. The average Bonchev–Trinajstić information content (AvgIpc) is 3.28. The Bertz CT molecular complexity index is 1140. The fraction of sp³-hybridized carbons (Fsp3) is 0.667. The minimum atomic E-state index is -0.257.